The molecule has 3 aromatic rings. The van der Waals surface area contributed by atoms with Gasteiger partial charge >= 0.3 is 0 Å². The Morgan fingerprint density at radius 2 is 1.72 bits per heavy atom. The van der Waals surface area contributed by atoms with Crippen molar-refractivity contribution in [3.05, 3.63) is 71.8 Å². The van der Waals surface area contributed by atoms with Crippen LogP contribution in [0.15, 0.2) is 65.6 Å². The molecule has 8 nitrogen and oxygen atoms in total. The van der Waals surface area contributed by atoms with E-state index in [0.29, 0.717) is 11.5 Å². The SMILES string of the molecule is COc1ccccc1NS(=O)(=O)c1ccc(O)c(NC(=O)COc2ccc(C)cc2C)c1. The summed E-state index contributed by atoms with van der Waals surface area (Å²) in [5.41, 5.74) is 2.16. The normalized spacial score (nSPS) is 11.0. The van der Waals surface area contributed by atoms with Crippen LogP contribution in [0.2, 0.25) is 0 Å². The minimum absolute atomic E-state index is 0.0536. The number of carbonyl (C=O) groups excluding carboxylic acids is 1. The Morgan fingerprint density at radius 1 is 0.969 bits per heavy atom. The standard InChI is InChI=1S/C23H24N2O6S/c1-15-8-11-21(16(2)12-15)31-14-23(27)24-19-13-17(9-10-20(19)26)32(28,29)25-18-6-4-5-7-22(18)30-3/h4-13,25-26H,14H2,1-3H3,(H,24,27). The molecule has 32 heavy (non-hydrogen) atoms. The van der Waals surface area contributed by atoms with Gasteiger partial charge in [0.2, 0.25) is 0 Å². The number of aryl methyl sites for hydroxylation is 2. The van der Waals surface area contributed by atoms with Crippen LogP contribution < -0.4 is 19.5 Å². The van der Waals surface area contributed by atoms with E-state index in [0.717, 1.165) is 11.1 Å². The number of hydrogen-bond acceptors (Lipinski definition) is 6. The maximum absolute atomic E-state index is 12.8. The van der Waals surface area contributed by atoms with Crippen molar-refractivity contribution in [2.75, 3.05) is 23.8 Å². The zero-order valence-corrected chi connectivity index (χ0v) is 18.7. The third-order valence-corrected chi connectivity index (χ3v) is 5.96. The highest BCUT2D eigenvalue weighted by atomic mass is 32.2. The van der Waals surface area contributed by atoms with Crippen LogP contribution in [-0.4, -0.2) is 33.1 Å². The molecule has 0 aliphatic heterocycles. The monoisotopic (exact) mass is 456 g/mol. The molecule has 9 heteroatoms. The third kappa shape index (κ3) is 5.50. The number of phenols is 1. The minimum atomic E-state index is -4.01. The molecule has 0 unspecified atom stereocenters. The molecule has 0 aliphatic rings. The van der Waals surface area contributed by atoms with Crippen molar-refractivity contribution in [1.82, 2.24) is 0 Å². The van der Waals surface area contributed by atoms with Crippen LogP contribution in [-0.2, 0) is 14.8 Å². The minimum Gasteiger partial charge on any atom is -0.506 e. The summed E-state index contributed by atoms with van der Waals surface area (Å²) in [6, 6.07) is 15.7. The van der Waals surface area contributed by atoms with E-state index in [9.17, 15) is 18.3 Å². The summed E-state index contributed by atoms with van der Waals surface area (Å²) >= 11 is 0. The van der Waals surface area contributed by atoms with Crippen molar-refractivity contribution in [2.45, 2.75) is 18.7 Å². The predicted octanol–water partition coefficient (Wildman–Crippen LogP) is 3.84. The molecule has 0 heterocycles. The first-order chi connectivity index (χ1) is 15.2. The predicted molar refractivity (Wildman–Crippen MR) is 122 cm³/mol. The Labute approximate surface area is 186 Å². The van der Waals surface area contributed by atoms with Gasteiger partial charge in [-0.15, -0.1) is 0 Å². The van der Waals surface area contributed by atoms with Gasteiger partial charge in [0.1, 0.15) is 17.2 Å². The maximum Gasteiger partial charge on any atom is 0.262 e. The summed E-state index contributed by atoms with van der Waals surface area (Å²) in [7, 11) is -2.58. The molecule has 0 fully saturated rings. The number of para-hydroxylation sites is 2. The summed E-state index contributed by atoms with van der Waals surface area (Å²) in [6.07, 6.45) is 0. The van der Waals surface area contributed by atoms with Crippen molar-refractivity contribution >= 4 is 27.3 Å². The molecular weight excluding hydrogens is 432 g/mol. The van der Waals surface area contributed by atoms with Gasteiger partial charge in [0.05, 0.1) is 23.4 Å². The Kier molecular flexibility index (Phi) is 6.89. The van der Waals surface area contributed by atoms with Crippen molar-refractivity contribution in [3.63, 3.8) is 0 Å². The average molecular weight is 457 g/mol. The molecule has 0 aromatic heterocycles. The van der Waals surface area contributed by atoms with E-state index in [4.69, 9.17) is 9.47 Å². The van der Waals surface area contributed by atoms with Crippen molar-refractivity contribution in [3.8, 4) is 17.2 Å². The summed E-state index contributed by atoms with van der Waals surface area (Å²) in [4.78, 5) is 12.2. The van der Waals surface area contributed by atoms with E-state index in [-0.39, 0.29) is 28.6 Å². The second-order valence-electron chi connectivity index (χ2n) is 7.09. The number of hydrogen-bond donors (Lipinski definition) is 3. The lowest BCUT2D eigenvalue weighted by Gasteiger charge is -2.14. The van der Waals surface area contributed by atoms with E-state index in [1.807, 2.05) is 26.0 Å². The first-order valence-corrected chi connectivity index (χ1v) is 11.2. The van der Waals surface area contributed by atoms with E-state index in [2.05, 4.69) is 10.0 Å². The molecule has 0 bridgehead atoms. The second-order valence-corrected chi connectivity index (χ2v) is 8.77. The quantitative estimate of drug-likeness (QED) is 0.444. The zero-order chi connectivity index (χ0) is 23.3. The van der Waals surface area contributed by atoms with Gasteiger partial charge < -0.3 is 19.9 Å². The third-order valence-electron chi connectivity index (χ3n) is 4.59. The van der Waals surface area contributed by atoms with Gasteiger partial charge in [-0.05, 0) is 55.8 Å². The molecule has 0 atom stereocenters. The number of amides is 1. The second kappa shape index (κ2) is 9.61. The van der Waals surface area contributed by atoms with Gasteiger partial charge in [-0.2, -0.15) is 0 Å². The van der Waals surface area contributed by atoms with Gasteiger partial charge in [-0.3, -0.25) is 9.52 Å². The highest BCUT2D eigenvalue weighted by Crippen LogP contribution is 2.30. The number of ether oxygens (including phenoxy) is 2. The summed E-state index contributed by atoms with van der Waals surface area (Å²) in [5.74, 6) is 0.0906. The number of benzene rings is 3. The van der Waals surface area contributed by atoms with Crippen LogP contribution in [0.4, 0.5) is 11.4 Å². The number of phenolic OH excluding ortho intramolecular Hbond substituents is 1. The molecule has 0 saturated carbocycles. The first kappa shape index (κ1) is 23.0. The Balaban J connectivity index is 1.74. The van der Waals surface area contributed by atoms with Crippen LogP contribution in [0, 0.1) is 13.8 Å². The topological polar surface area (TPSA) is 114 Å². The maximum atomic E-state index is 12.8. The summed E-state index contributed by atoms with van der Waals surface area (Å²) < 4.78 is 38.8. The van der Waals surface area contributed by atoms with Crippen molar-refractivity contribution in [2.24, 2.45) is 0 Å². The lowest BCUT2D eigenvalue weighted by molar-refractivity contribution is -0.118. The van der Waals surface area contributed by atoms with E-state index >= 15 is 0 Å². The lowest BCUT2D eigenvalue weighted by atomic mass is 10.1. The number of nitrogens with one attached hydrogen (secondary N) is 2. The lowest BCUT2D eigenvalue weighted by Crippen LogP contribution is -2.21. The fraction of sp³-hybridized carbons (Fsp3) is 0.174. The molecule has 0 aliphatic carbocycles. The van der Waals surface area contributed by atoms with Gasteiger partial charge in [-0.1, -0.05) is 29.8 Å². The number of sulfonamides is 1. The number of anilines is 2. The smallest absolute Gasteiger partial charge is 0.262 e. The summed E-state index contributed by atoms with van der Waals surface area (Å²) in [5, 5.41) is 12.6. The number of carbonyl (C=O) groups is 1. The number of aromatic hydroxyl groups is 1. The molecular formula is C23H24N2O6S. The van der Waals surface area contributed by atoms with E-state index in [1.165, 1.54) is 25.3 Å². The highest BCUT2D eigenvalue weighted by molar-refractivity contribution is 7.92. The van der Waals surface area contributed by atoms with Gasteiger partial charge in [0.25, 0.3) is 15.9 Å². The number of rotatable bonds is 8. The average Bonchev–Trinajstić information content (AvgIpc) is 2.74. The van der Waals surface area contributed by atoms with Crippen molar-refractivity contribution < 1.29 is 27.8 Å². The van der Waals surface area contributed by atoms with Crippen LogP contribution in [0.1, 0.15) is 11.1 Å². The fourth-order valence-electron chi connectivity index (χ4n) is 3.01. The zero-order valence-electron chi connectivity index (χ0n) is 17.9. The molecule has 0 spiro atoms. The van der Waals surface area contributed by atoms with Gasteiger partial charge in [-0.25, -0.2) is 8.42 Å². The number of methoxy groups -OCH3 is 1. The van der Waals surface area contributed by atoms with E-state index in [1.54, 1.807) is 30.3 Å². The van der Waals surface area contributed by atoms with Crippen LogP contribution in [0.5, 0.6) is 17.2 Å². The van der Waals surface area contributed by atoms with Gasteiger partial charge in [0.15, 0.2) is 6.61 Å². The van der Waals surface area contributed by atoms with E-state index < -0.39 is 15.9 Å². The first-order valence-electron chi connectivity index (χ1n) is 9.68. The van der Waals surface area contributed by atoms with Crippen LogP contribution >= 0.6 is 0 Å². The fourth-order valence-corrected chi connectivity index (χ4v) is 4.10. The molecule has 3 N–H and O–H groups in total. The van der Waals surface area contributed by atoms with Gasteiger partial charge in [0, 0.05) is 0 Å². The van der Waals surface area contributed by atoms with Crippen LogP contribution in [0.3, 0.4) is 0 Å². The molecule has 168 valence electrons. The Morgan fingerprint density at radius 3 is 2.44 bits per heavy atom. The summed E-state index contributed by atoms with van der Waals surface area (Å²) in [6.45, 7) is 3.52. The molecule has 1 amide bonds. The Hall–Kier alpha value is -3.72. The molecule has 3 rings (SSSR count). The van der Waals surface area contributed by atoms with Crippen molar-refractivity contribution in [1.29, 1.82) is 0 Å². The molecule has 0 saturated heterocycles. The molecule has 0 radical (unpaired) electrons. The highest BCUT2D eigenvalue weighted by Gasteiger charge is 2.19. The largest absolute Gasteiger partial charge is 0.506 e. The Bertz CT molecular complexity index is 1240. The van der Waals surface area contributed by atoms with Crippen LogP contribution in [0.25, 0.3) is 0 Å². The molecule has 3 aromatic carbocycles.